The van der Waals surface area contributed by atoms with Crippen LogP contribution < -0.4 is 5.32 Å². The summed E-state index contributed by atoms with van der Waals surface area (Å²) in [5, 5.41) is 3.85. The van der Waals surface area contributed by atoms with Gasteiger partial charge in [-0.1, -0.05) is 32.6 Å². The summed E-state index contributed by atoms with van der Waals surface area (Å²) < 4.78 is 5.81. The molecule has 3 unspecified atom stereocenters. The minimum Gasteiger partial charge on any atom is -0.378 e. The van der Waals surface area contributed by atoms with Crippen LogP contribution in [-0.4, -0.2) is 25.3 Å². The molecule has 106 valence electrons. The molecule has 0 radical (unpaired) electrons. The molecule has 2 fully saturated rings. The second kappa shape index (κ2) is 7.49. The fourth-order valence-electron chi connectivity index (χ4n) is 3.80. The quantitative estimate of drug-likeness (QED) is 0.753. The zero-order valence-electron chi connectivity index (χ0n) is 12.3. The van der Waals surface area contributed by atoms with Gasteiger partial charge in [-0.25, -0.2) is 0 Å². The van der Waals surface area contributed by atoms with Crippen molar-refractivity contribution in [2.75, 3.05) is 13.2 Å². The molecule has 1 aliphatic carbocycles. The van der Waals surface area contributed by atoms with Crippen LogP contribution in [0.3, 0.4) is 0 Å². The second-order valence-corrected chi connectivity index (χ2v) is 6.37. The van der Waals surface area contributed by atoms with E-state index in [0.29, 0.717) is 12.1 Å². The van der Waals surface area contributed by atoms with E-state index in [0.717, 1.165) is 18.4 Å². The van der Waals surface area contributed by atoms with Gasteiger partial charge < -0.3 is 10.1 Å². The first-order valence-electron chi connectivity index (χ1n) is 8.16. The summed E-state index contributed by atoms with van der Waals surface area (Å²) in [7, 11) is 0. The lowest BCUT2D eigenvalue weighted by molar-refractivity contribution is 0.112. The Hall–Kier alpha value is -0.0800. The Bertz CT molecular complexity index is 223. The molecule has 1 N–H and O–H groups in total. The number of hydrogen-bond acceptors (Lipinski definition) is 2. The molecule has 0 bridgehead atoms. The van der Waals surface area contributed by atoms with Crippen molar-refractivity contribution < 1.29 is 4.74 Å². The molecule has 2 rings (SSSR count). The van der Waals surface area contributed by atoms with Crippen molar-refractivity contribution >= 4 is 0 Å². The SMILES string of the molecule is CCCNC(C1CCCCCC1)C1COC(C)C1. The van der Waals surface area contributed by atoms with E-state index in [2.05, 4.69) is 19.2 Å². The summed E-state index contributed by atoms with van der Waals surface area (Å²) in [4.78, 5) is 0. The van der Waals surface area contributed by atoms with Gasteiger partial charge in [0, 0.05) is 12.0 Å². The summed E-state index contributed by atoms with van der Waals surface area (Å²) in [6.07, 6.45) is 11.6. The largest absolute Gasteiger partial charge is 0.378 e. The molecule has 0 aromatic heterocycles. The maximum absolute atomic E-state index is 5.81. The molecule has 1 heterocycles. The molecule has 0 amide bonds. The highest BCUT2D eigenvalue weighted by atomic mass is 16.5. The third-order valence-corrected chi connectivity index (χ3v) is 4.78. The Morgan fingerprint density at radius 3 is 2.39 bits per heavy atom. The molecule has 0 aromatic carbocycles. The van der Waals surface area contributed by atoms with Crippen LogP contribution in [-0.2, 0) is 4.74 Å². The Morgan fingerprint density at radius 2 is 1.83 bits per heavy atom. The number of hydrogen-bond donors (Lipinski definition) is 1. The average molecular weight is 253 g/mol. The van der Waals surface area contributed by atoms with E-state index < -0.39 is 0 Å². The van der Waals surface area contributed by atoms with E-state index in [-0.39, 0.29) is 0 Å². The lowest BCUT2D eigenvalue weighted by Crippen LogP contribution is -2.43. The van der Waals surface area contributed by atoms with Crippen LogP contribution in [0.5, 0.6) is 0 Å². The van der Waals surface area contributed by atoms with E-state index in [9.17, 15) is 0 Å². The van der Waals surface area contributed by atoms with Crippen molar-refractivity contribution in [3.8, 4) is 0 Å². The molecule has 1 saturated carbocycles. The zero-order valence-corrected chi connectivity index (χ0v) is 12.3. The van der Waals surface area contributed by atoms with Gasteiger partial charge in [-0.05, 0) is 45.1 Å². The van der Waals surface area contributed by atoms with E-state index >= 15 is 0 Å². The van der Waals surface area contributed by atoms with Gasteiger partial charge in [0.2, 0.25) is 0 Å². The summed E-state index contributed by atoms with van der Waals surface area (Å²) in [5.41, 5.74) is 0. The molecule has 0 aromatic rings. The highest BCUT2D eigenvalue weighted by molar-refractivity contribution is 4.88. The predicted octanol–water partition coefficient (Wildman–Crippen LogP) is 3.75. The summed E-state index contributed by atoms with van der Waals surface area (Å²) >= 11 is 0. The lowest BCUT2D eigenvalue weighted by Gasteiger charge is -2.31. The van der Waals surface area contributed by atoms with Gasteiger partial charge in [0.25, 0.3) is 0 Å². The summed E-state index contributed by atoms with van der Waals surface area (Å²) in [6, 6.07) is 0.716. The topological polar surface area (TPSA) is 21.3 Å². The van der Waals surface area contributed by atoms with Crippen molar-refractivity contribution in [1.29, 1.82) is 0 Å². The van der Waals surface area contributed by atoms with Crippen LogP contribution in [0.1, 0.15) is 65.2 Å². The van der Waals surface area contributed by atoms with E-state index in [1.807, 2.05) is 0 Å². The molecule has 2 heteroatoms. The number of rotatable bonds is 5. The number of ether oxygens (including phenoxy) is 1. The van der Waals surface area contributed by atoms with E-state index in [1.165, 1.54) is 57.9 Å². The first kappa shape index (κ1) is 14.3. The fraction of sp³-hybridized carbons (Fsp3) is 1.00. The van der Waals surface area contributed by atoms with Crippen LogP contribution in [0, 0.1) is 11.8 Å². The van der Waals surface area contributed by atoms with Crippen LogP contribution in [0.2, 0.25) is 0 Å². The Kier molecular flexibility index (Phi) is 5.97. The van der Waals surface area contributed by atoms with Crippen molar-refractivity contribution in [3.63, 3.8) is 0 Å². The molecule has 2 aliphatic rings. The lowest BCUT2D eigenvalue weighted by atomic mass is 9.82. The van der Waals surface area contributed by atoms with Gasteiger partial charge >= 0.3 is 0 Å². The minimum atomic E-state index is 0.478. The Morgan fingerprint density at radius 1 is 1.11 bits per heavy atom. The molecule has 3 atom stereocenters. The van der Waals surface area contributed by atoms with E-state index in [1.54, 1.807) is 0 Å². The van der Waals surface area contributed by atoms with Crippen molar-refractivity contribution in [2.24, 2.45) is 11.8 Å². The third kappa shape index (κ3) is 3.96. The van der Waals surface area contributed by atoms with Crippen molar-refractivity contribution in [1.82, 2.24) is 5.32 Å². The average Bonchev–Trinajstić information content (AvgIpc) is 2.65. The first-order chi connectivity index (χ1) is 8.81. The van der Waals surface area contributed by atoms with Crippen LogP contribution in [0.15, 0.2) is 0 Å². The van der Waals surface area contributed by atoms with Crippen LogP contribution in [0.25, 0.3) is 0 Å². The Balaban J connectivity index is 1.93. The van der Waals surface area contributed by atoms with Gasteiger partial charge in [-0.15, -0.1) is 0 Å². The molecule has 1 aliphatic heterocycles. The molecular weight excluding hydrogens is 222 g/mol. The minimum absolute atomic E-state index is 0.478. The van der Waals surface area contributed by atoms with Gasteiger partial charge in [-0.3, -0.25) is 0 Å². The molecule has 2 nitrogen and oxygen atoms in total. The van der Waals surface area contributed by atoms with Crippen LogP contribution in [0.4, 0.5) is 0 Å². The van der Waals surface area contributed by atoms with E-state index in [4.69, 9.17) is 4.74 Å². The van der Waals surface area contributed by atoms with Gasteiger partial charge in [0.15, 0.2) is 0 Å². The van der Waals surface area contributed by atoms with Crippen molar-refractivity contribution in [2.45, 2.75) is 77.4 Å². The number of nitrogens with one attached hydrogen (secondary N) is 1. The molecule has 1 saturated heterocycles. The molecular formula is C16H31NO. The predicted molar refractivity (Wildman–Crippen MR) is 76.8 cm³/mol. The molecule has 18 heavy (non-hydrogen) atoms. The van der Waals surface area contributed by atoms with Gasteiger partial charge in [-0.2, -0.15) is 0 Å². The molecule has 0 spiro atoms. The van der Waals surface area contributed by atoms with Crippen LogP contribution >= 0.6 is 0 Å². The highest BCUT2D eigenvalue weighted by Gasteiger charge is 2.34. The standard InChI is InChI=1S/C16H31NO/c1-3-10-17-16(15-11-13(2)18-12-15)14-8-6-4-5-7-9-14/h13-17H,3-12H2,1-2H3. The maximum atomic E-state index is 5.81. The fourth-order valence-corrected chi connectivity index (χ4v) is 3.80. The Labute approximate surface area is 113 Å². The highest BCUT2D eigenvalue weighted by Crippen LogP contribution is 2.33. The van der Waals surface area contributed by atoms with Crippen molar-refractivity contribution in [3.05, 3.63) is 0 Å². The second-order valence-electron chi connectivity index (χ2n) is 6.37. The maximum Gasteiger partial charge on any atom is 0.0551 e. The summed E-state index contributed by atoms with van der Waals surface area (Å²) in [5.74, 6) is 1.66. The zero-order chi connectivity index (χ0) is 12.8. The van der Waals surface area contributed by atoms with Gasteiger partial charge in [0.05, 0.1) is 12.7 Å². The monoisotopic (exact) mass is 253 g/mol. The third-order valence-electron chi connectivity index (χ3n) is 4.78. The first-order valence-corrected chi connectivity index (χ1v) is 8.16. The summed E-state index contributed by atoms with van der Waals surface area (Å²) in [6.45, 7) is 6.65. The van der Waals surface area contributed by atoms with Gasteiger partial charge in [0.1, 0.15) is 0 Å². The smallest absolute Gasteiger partial charge is 0.0551 e. The normalized spacial score (nSPS) is 32.3.